The van der Waals surface area contributed by atoms with Gasteiger partial charge in [-0.1, -0.05) is 24.3 Å². The van der Waals surface area contributed by atoms with E-state index in [9.17, 15) is 0 Å². The first kappa shape index (κ1) is 11.4. The predicted molar refractivity (Wildman–Crippen MR) is 76.6 cm³/mol. The molecule has 0 saturated heterocycles. The molecule has 18 heavy (non-hydrogen) atoms. The van der Waals surface area contributed by atoms with E-state index in [0.29, 0.717) is 0 Å². The van der Waals surface area contributed by atoms with Crippen LogP contribution >= 0.6 is 11.3 Å². The molecule has 90 valence electrons. The maximum Gasteiger partial charge on any atom is 0.0541 e. The summed E-state index contributed by atoms with van der Waals surface area (Å²) in [5.74, 6) is 0. The molecule has 0 radical (unpaired) electrons. The van der Waals surface area contributed by atoms with Gasteiger partial charge < -0.3 is 5.32 Å². The van der Waals surface area contributed by atoms with Crippen molar-refractivity contribution >= 4 is 21.4 Å². The average Bonchev–Trinajstić information content (AvgIpc) is 2.84. The number of nitrogens with one attached hydrogen (secondary N) is 1. The minimum atomic E-state index is 0.811. The number of pyridine rings is 1. The van der Waals surface area contributed by atoms with E-state index in [-0.39, 0.29) is 0 Å². The Morgan fingerprint density at radius 1 is 1.00 bits per heavy atom. The number of hydrogen-bond donors (Lipinski definition) is 1. The molecule has 1 N–H and O–H groups in total. The van der Waals surface area contributed by atoms with Gasteiger partial charge in [-0.15, -0.1) is 11.3 Å². The van der Waals surface area contributed by atoms with Gasteiger partial charge in [0.05, 0.1) is 5.69 Å². The molecule has 0 unspecified atom stereocenters. The van der Waals surface area contributed by atoms with Crippen molar-refractivity contribution in [3.63, 3.8) is 0 Å². The van der Waals surface area contributed by atoms with Crippen molar-refractivity contribution in [2.24, 2.45) is 0 Å². The summed E-state index contributed by atoms with van der Waals surface area (Å²) in [7, 11) is 0. The SMILES string of the molecule is c1ccc(CNCc2csc3ccccc23)nc1. The third kappa shape index (κ3) is 2.42. The van der Waals surface area contributed by atoms with E-state index in [0.717, 1.165) is 18.8 Å². The van der Waals surface area contributed by atoms with Crippen molar-refractivity contribution in [1.29, 1.82) is 0 Å². The molecule has 0 amide bonds. The molecule has 0 fully saturated rings. The monoisotopic (exact) mass is 254 g/mol. The molecule has 0 aliphatic rings. The van der Waals surface area contributed by atoms with Crippen LogP contribution in [0.2, 0.25) is 0 Å². The first-order valence-corrected chi connectivity index (χ1v) is 6.87. The van der Waals surface area contributed by atoms with E-state index in [1.54, 1.807) is 11.3 Å². The lowest BCUT2D eigenvalue weighted by molar-refractivity contribution is 0.683. The molecule has 0 aliphatic carbocycles. The summed E-state index contributed by atoms with van der Waals surface area (Å²) >= 11 is 1.80. The fourth-order valence-electron chi connectivity index (χ4n) is 2.00. The number of hydrogen-bond acceptors (Lipinski definition) is 3. The highest BCUT2D eigenvalue weighted by Gasteiger charge is 2.02. The molecule has 0 bridgehead atoms. The third-order valence-corrected chi connectivity index (χ3v) is 3.92. The van der Waals surface area contributed by atoms with E-state index in [4.69, 9.17) is 0 Å². The van der Waals surface area contributed by atoms with E-state index in [1.165, 1.54) is 15.6 Å². The molecule has 2 heterocycles. The van der Waals surface area contributed by atoms with Crippen LogP contribution in [0.3, 0.4) is 0 Å². The van der Waals surface area contributed by atoms with Crippen LogP contribution < -0.4 is 5.32 Å². The standard InChI is InChI=1S/C15H14N2S/c1-2-7-15-14(6-1)12(11-18-15)9-16-10-13-5-3-4-8-17-13/h1-8,11,16H,9-10H2. The van der Waals surface area contributed by atoms with Crippen LogP contribution in [-0.2, 0) is 13.1 Å². The Bertz CT molecular complexity index is 631. The van der Waals surface area contributed by atoms with Crippen molar-refractivity contribution in [1.82, 2.24) is 10.3 Å². The lowest BCUT2D eigenvalue weighted by atomic mass is 10.2. The largest absolute Gasteiger partial charge is 0.307 e. The van der Waals surface area contributed by atoms with Crippen LogP contribution in [0.15, 0.2) is 54.0 Å². The number of rotatable bonds is 4. The quantitative estimate of drug-likeness (QED) is 0.769. The Kier molecular flexibility index (Phi) is 3.35. The summed E-state index contributed by atoms with van der Waals surface area (Å²) in [5, 5.41) is 7.03. The minimum Gasteiger partial charge on any atom is -0.307 e. The van der Waals surface area contributed by atoms with Crippen molar-refractivity contribution in [2.75, 3.05) is 0 Å². The Labute approximate surface area is 110 Å². The summed E-state index contributed by atoms with van der Waals surface area (Å²) in [6, 6.07) is 14.5. The summed E-state index contributed by atoms with van der Waals surface area (Å²) in [6.45, 7) is 1.70. The molecule has 0 spiro atoms. The lowest BCUT2D eigenvalue weighted by Crippen LogP contribution is -2.13. The topological polar surface area (TPSA) is 24.9 Å². The number of thiophene rings is 1. The fraction of sp³-hybridized carbons (Fsp3) is 0.133. The lowest BCUT2D eigenvalue weighted by Gasteiger charge is -2.03. The second kappa shape index (κ2) is 5.29. The van der Waals surface area contributed by atoms with Crippen LogP contribution in [0.4, 0.5) is 0 Å². The first-order chi connectivity index (χ1) is 8.93. The predicted octanol–water partition coefficient (Wildman–Crippen LogP) is 3.59. The second-order valence-electron chi connectivity index (χ2n) is 4.18. The van der Waals surface area contributed by atoms with Crippen molar-refractivity contribution < 1.29 is 0 Å². The van der Waals surface area contributed by atoms with Crippen molar-refractivity contribution in [3.05, 3.63) is 65.3 Å². The Hall–Kier alpha value is -1.71. The highest BCUT2D eigenvalue weighted by molar-refractivity contribution is 7.17. The van der Waals surface area contributed by atoms with Gasteiger partial charge in [0.25, 0.3) is 0 Å². The van der Waals surface area contributed by atoms with Crippen LogP contribution in [0, 0.1) is 0 Å². The molecule has 0 atom stereocenters. The van der Waals surface area contributed by atoms with Gasteiger partial charge in [0.1, 0.15) is 0 Å². The van der Waals surface area contributed by atoms with Crippen LogP contribution in [-0.4, -0.2) is 4.98 Å². The van der Waals surface area contributed by atoms with Gasteiger partial charge in [-0.3, -0.25) is 4.98 Å². The number of aromatic nitrogens is 1. The van der Waals surface area contributed by atoms with Gasteiger partial charge in [-0.05, 0) is 34.5 Å². The van der Waals surface area contributed by atoms with Crippen LogP contribution in [0.1, 0.15) is 11.3 Å². The maximum absolute atomic E-state index is 4.30. The minimum absolute atomic E-state index is 0.811. The van der Waals surface area contributed by atoms with E-state index in [2.05, 4.69) is 39.9 Å². The maximum atomic E-state index is 4.30. The van der Waals surface area contributed by atoms with E-state index < -0.39 is 0 Å². The van der Waals surface area contributed by atoms with Gasteiger partial charge in [0.2, 0.25) is 0 Å². The molecule has 3 rings (SSSR count). The smallest absolute Gasteiger partial charge is 0.0541 e. The molecule has 2 nitrogen and oxygen atoms in total. The van der Waals surface area contributed by atoms with E-state index >= 15 is 0 Å². The molecule has 0 aliphatic heterocycles. The fourth-order valence-corrected chi connectivity index (χ4v) is 2.96. The Morgan fingerprint density at radius 2 is 1.89 bits per heavy atom. The molecule has 3 heteroatoms. The third-order valence-electron chi connectivity index (χ3n) is 2.91. The van der Waals surface area contributed by atoms with Crippen LogP contribution in [0.5, 0.6) is 0 Å². The zero-order valence-electron chi connectivity index (χ0n) is 9.97. The summed E-state index contributed by atoms with van der Waals surface area (Å²) in [5.41, 5.74) is 2.45. The zero-order chi connectivity index (χ0) is 12.2. The Balaban J connectivity index is 1.67. The summed E-state index contributed by atoms with van der Waals surface area (Å²) < 4.78 is 1.35. The van der Waals surface area contributed by atoms with Gasteiger partial charge >= 0.3 is 0 Å². The zero-order valence-corrected chi connectivity index (χ0v) is 10.8. The second-order valence-corrected chi connectivity index (χ2v) is 5.09. The first-order valence-electron chi connectivity index (χ1n) is 5.99. The van der Waals surface area contributed by atoms with Gasteiger partial charge in [-0.25, -0.2) is 0 Å². The molecular weight excluding hydrogens is 240 g/mol. The molecule has 3 aromatic rings. The van der Waals surface area contributed by atoms with Crippen molar-refractivity contribution in [2.45, 2.75) is 13.1 Å². The normalized spacial score (nSPS) is 10.9. The number of fused-ring (bicyclic) bond motifs is 1. The Morgan fingerprint density at radius 3 is 2.78 bits per heavy atom. The highest BCUT2D eigenvalue weighted by Crippen LogP contribution is 2.25. The van der Waals surface area contributed by atoms with Crippen LogP contribution in [0.25, 0.3) is 10.1 Å². The summed E-state index contributed by atoms with van der Waals surface area (Å²) in [6.07, 6.45) is 1.83. The highest BCUT2D eigenvalue weighted by atomic mass is 32.1. The van der Waals surface area contributed by atoms with E-state index in [1.807, 2.05) is 24.4 Å². The molecule has 2 aromatic heterocycles. The molecule has 1 aromatic carbocycles. The average molecular weight is 254 g/mol. The van der Waals surface area contributed by atoms with Crippen molar-refractivity contribution in [3.8, 4) is 0 Å². The van der Waals surface area contributed by atoms with Gasteiger partial charge in [-0.2, -0.15) is 0 Å². The van der Waals surface area contributed by atoms with Gasteiger partial charge in [0, 0.05) is 24.0 Å². The molecular formula is C15H14N2S. The number of nitrogens with zero attached hydrogens (tertiary/aromatic N) is 1. The number of benzene rings is 1. The molecule has 0 saturated carbocycles. The van der Waals surface area contributed by atoms with Gasteiger partial charge in [0.15, 0.2) is 0 Å². The summed E-state index contributed by atoms with van der Waals surface area (Å²) in [4.78, 5) is 4.30.